The van der Waals surface area contributed by atoms with Gasteiger partial charge in [0.25, 0.3) is 0 Å². The predicted octanol–water partition coefficient (Wildman–Crippen LogP) is 2.84. The molecule has 1 N–H and O–H groups in total. The van der Waals surface area contributed by atoms with Gasteiger partial charge in [0.1, 0.15) is 5.75 Å². The second kappa shape index (κ2) is 4.95. The number of methoxy groups -OCH3 is 1. The number of sulfone groups is 1. The fourth-order valence-electron chi connectivity index (χ4n) is 3.47. The van der Waals surface area contributed by atoms with Crippen molar-refractivity contribution in [3.8, 4) is 5.75 Å². The van der Waals surface area contributed by atoms with Crippen LogP contribution in [0.15, 0.2) is 23.1 Å². The summed E-state index contributed by atoms with van der Waals surface area (Å²) in [5.41, 5.74) is 0.622. The minimum atomic E-state index is -3.26. The van der Waals surface area contributed by atoms with E-state index in [-0.39, 0.29) is 11.2 Å². The third-order valence-electron chi connectivity index (χ3n) is 4.59. The van der Waals surface area contributed by atoms with E-state index in [9.17, 15) is 8.42 Å². The molecule has 0 aromatic heterocycles. The van der Waals surface area contributed by atoms with Crippen LogP contribution in [0.5, 0.6) is 5.75 Å². The maximum atomic E-state index is 12.7. The SMILES string of the molecule is COc1ccc2c(c1)S(=O)(=O)CC1(CCCCC1)CN2. The van der Waals surface area contributed by atoms with E-state index in [1.165, 1.54) is 6.42 Å². The van der Waals surface area contributed by atoms with Crippen LogP contribution in [0.4, 0.5) is 5.69 Å². The Morgan fingerprint density at radius 2 is 1.95 bits per heavy atom. The van der Waals surface area contributed by atoms with Gasteiger partial charge in [-0.2, -0.15) is 0 Å². The van der Waals surface area contributed by atoms with E-state index in [0.717, 1.165) is 32.2 Å². The molecule has 0 amide bonds. The van der Waals surface area contributed by atoms with Crippen LogP contribution in [0.1, 0.15) is 32.1 Å². The number of rotatable bonds is 1. The molecule has 0 unspecified atom stereocenters. The summed E-state index contributed by atoms with van der Waals surface area (Å²) in [6.45, 7) is 0.756. The normalized spacial score (nSPS) is 23.4. The zero-order chi connectivity index (χ0) is 14.2. The molecule has 0 bridgehead atoms. The van der Waals surface area contributed by atoms with Gasteiger partial charge in [-0.05, 0) is 25.0 Å². The largest absolute Gasteiger partial charge is 0.497 e. The van der Waals surface area contributed by atoms with Crippen molar-refractivity contribution in [1.82, 2.24) is 0 Å². The van der Waals surface area contributed by atoms with Crippen molar-refractivity contribution in [2.45, 2.75) is 37.0 Å². The Hall–Kier alpha value is -1.23. The molecular weight excluding hydrogens is 274 g/mol. The molecule has 0 radical (unpaired) electrons. The van der Waals surface area contributed by atoms with E-state index in [0.29, 0.717) is 16.3 Å². The lowest BCUT2D eigenvalue weighted by molar-refractivity contribution is 0.237. The smallest absolute Gasteiger partial charge is 0.181 e. The van der Waals surface area contributed by atoms with Crippen LogP contribution in [-0.2, 0) is 9.84 Å². The molecule has 1 fully saturated rings. The van der Waals surface area contributed by atoms with Crippen LogP contribution in [0.2, 0.25) is 0 Å². The molecule has 1 aromatic carbocycles. The first-order valence-corrected chi connectivity index (χ1v) is 8.85. The van der Waals surface area contributed by atoms with Gasteiger partial charge in [-0.15, -0.1) is 0 Å². The molecule has 4 nitrogen and oxygen atoms in total. The summed E-state index contributed by atoms with van der Waals surface area (Å²) in [7, 11) is -1.70. The van der Waals surface area contributed by atoms with Gasteiger partial charge in [-0.1, -0.05) is 19.3 Å². The maximum Gasteiger partial charge on any atom is 0.181 e. The molecule has 1 aliphatic heterocycles. The highest BCUT2D eigenvalue weighted by Gasteiger charge is 2.40. The number of ether oxygens (including phenoxy) is 1. The molecule has 110 valence electrons. The molecule has 20 heavy (non-hydrogen) atoms. The molecule has 2 aliphatic rings. The zero-order valence-corrected chi connectivity index (χ0v) is 12.6. The minimum absolute atomic E-state index is 0.0939. The molecule has 0 atom stereocenters. The molecule has 1 saturated carbocycles. The lowest BCUT2D eigenvalue weighted by Gasteiger charge is -2.35. The Morgan fingerprint density at radius 3 is 2.65 bits per heavy atom. The summed E-state index contributed by atoms with van der Waals surface area (Å²) in [4.78, 5) is 0.388. The van der Waals surface area contributed by atoms with Gasteiger partial charge in [-0.3, -0.25) is 0 Å². The van der Waals surface area contributed by atoms with Gasteiger partial charge in [-0.25, -0.2) is 8.42 Å². The topological polar surface area (TPSA) is 55.4 Å². The summed E-state index contributed by atoms with van der Waals surface area (Å²) in [6, 6.07) is 5.26. The first-order valence-electron chi connectivity index (χ1n) is 7.19. The fourth-order valence-corrected chi connectivity index (χ4v) is 5.59. The summed E-state index contributed by atoms with van der Waals surface area (Å²) >= 11 is 0. The van der Waals surface area contributed by atoms with E-state index in [1.54, 1.807) is 19.2 Å². The third kappa shape index (κ3) is 2.39. The Labute approximate surface area is 120 Å². The Balaban J connectivity index is 2.02. The lowest BCUT2D eigenvalue weighted by Crippen LogP contribution is -2.36. The van der Waals surface area contributed by atoms with Gasteiger partial charge in [0.05, 0.1) is 23.4 Å². The average Bonchev–Trinajstić information content (AvgIpc) is 2.55. The molecular formula is C15H21NO3S. The summed E-state index contributed by atoms with van der Waals surface area (Å²) in [5.74, 6) is 0.849. The highest BCUT2D eigenvalue weighted by molar-refractivity contribution is 7.91. The number of hydrogen-bond acceptors (Lipinski definition) is 4. The van der Waals surface area contributed by atoms with Crippen molar-refractivity contribution in [3.63, 3.8) is 0 Å². The van der Waals surface area contributed by atoms with Crippen molar-refractivity contribution in [2.75, 3.05) is 24.7 Å². The van der Waals surface area contributed by atoms with Gasteiger partial charge >= 0.3 is 0 Å². The van der Waals surface area contributed by atoms with Gasteiger partial charge < -0.3 is 10.1 Å². The number of hydrogen-bond donors (Lipinski definition) is 1. The summed E-state index contributed by atoms with van der Waals surface area (Å²) in [6.07, 6.45) is 5.50. The minimum Gasteiger partial charge on any atom is -0.497 e. The van der Waals surface area contributed by atoms with Crippen LogP contribution in [0.3, 0.4) is 0 Å². The maximum absolute atomic E-state index is 12.7. The van der Waals surface area contributed by atoms with Gasteiger partial charge in [0.15, 0.2) is 9.84 Å². The first-order chi connectivity index (χ1) is 9.55. The highest BCUT2D eigenvalue weighted by atomic mass is 32.2. The van der Waals surface area contributed by atoms with Crippen molar-refractivity contribution in [1.29, 1.82) is 0 Å². The molecule has 1 aliphatic carbocycles. The standard InChI is InChI=1S/C15H21NO3S/c1-19-12-5-6-13-14(9-12)20(17,18)11-15(10-16-13)7-3-2-4-8-15/h5-6,9,16H,2-4,7-8,10-11H2,1H3. The molecule has 5 heteroatoms. The zero-order valence-electron chi connectivity index (χ0n) is 11.8. The Kier molecular flexibility index (Phi) is 3.40. The average molecular weight is 295 g/mol. The van der Waals surface area contributed by atoms with Crippen molar-refractivity contribution >= 4 is 15.5 Å². The molecule has 1 aromatic rings. The number of fused-ring (bicyclic) bond motifs is 1. The Morgan fingerprint density at radius 1 is 1.20 bits per heavy atom. The summed E-state index contributed by atoms with van der Waals surface area (Å²) < 4.78 is 30.6. The second-order valence-corrected chi connectivity index (χ2v) is 7.99. The van der Waals surface area contributed by atoms with Crippen LogP contribution in [0, 0.1) is 5.41 Å². The van der Waals surface area contributed by atoms with Crippen LogP contribution >= 0.6 is 0 Å². The van der Waals surface area contributed by atoms with Gasteiger partial charge in [0.2, 0.25) is 0 Å². The molecule has 0 saturated heterocycles. The van der Waals surface area contributed by atoms with Crippen LogP contribution < -0.4 is 10.1 Å². The van der Waals surface area contributed by atoms with Crippen molar-refractivity contribution in [2.24, 2.45) is 5.41 Å². The monoisotopic (exact) mass is 295 g/mol. The van der Waals surface area contributed by atoms with E-state index < -0.39 is 9.84 Å². The Bertz CT molecular complexity index is 604. The van der Waals surface area contributed by atoms with Crippen LogP contribution in [0.25, 0.3) is 0 Å². The number of nitrogens with one attached hydrogen (secondary N) is 1. The molecule has 1 spiro atoms. The fraction of sp³-hybridized carbons (Fsp3) is 0.600. The van der Waals surface area contributed by atoms with E-state index >= 15 is 0 Å². The molecule has 3 rings (SSSR count). The van der Waals surface area contributed by atoms with Crippen molar-refractivity contribution in [3.05, 3.63) is 18.2 Å². The number of benzene rings is 1. The van der Waals surface area contributed by atoms with E-state index in [2.05, 4.69) is 5.32 Å². The first kappa shape index (κ1) is 13.7. The predicted molar refractivity (Wildman–Crippen MR) is 79.1 cm³/mol. The van der Waals surface area contributed by atoms with E-state index in [1.807, 2.05) is 6.07 Å². The number of anilines is 1. The quantitative estimate of drug-likeness (QED) is 0.865. The molecule has 1 heterocycles. The van der Waals surface area contributed by atoms with Crippen LogP contribution in [-0.4, -0.2) is 27.8 Å². The van der Waals surface area contributed by atoms with Gasteiger partial charge in [0, 0.05) is 18.0 Å². The van der Waals surface area contributed by atoms with E-state index in [4.69, 9.17) is 4.74 Å². The summed E-state index contributed by atoms with van der Waals surface area (Å²) in [5, 5.41) is 3.36. The van der Waals surface area contributed by atoms with Crippen molar-refractivity contribution < 1.29 is 13.2 Å². The third-order valence-corrected chi connectivity index (χ3v) is 6.59. The highest BCUT2D eigenvalue weighted by Crippen LogP contribution is 2.42. The second-order valence-electron chi connectivity index (χ2n) is 6.04. The lowest BCUT2D eigenvalue weighted by atomic mass is 9.75.